The Morgan fingerprint density at radius 1 is 1.33 bits per heavy atom. The molecule has 1 N–H and O–H groups in total. The number of ether oxygens (including phenoxy) is 1. The van der Waals surface area contributed by atoms with E-state index in [1.807, 2.05) is 13.0 Å². The molecule has 2 rings (SSSR count). The van der Waals surface area contributed by atoms with E-state index < -0.39 is 5.97 Å². The van der Waals surface area contributed by atoms with E-state index in [4.69, 9.17) is 9.84 Å². The maximum atomic E-state index is 11.0. The molecular formula is C14H13NO3. The van der Waals surface area contributed by atoms with Gasteiger partial charge in [0.05, 0.1) is 7.11 Å². The van der Waals surface area contributed by atoms with Crippen LogP contribution in [0.15, 0.2) is 36.7 Å². The molecule has 18 heavy (non-hydrogen) atoms. The molecule has 1 heterocycles. The molecule has 0 aliphatic carbocycles. The van der Waals surface area contributed by atoms with Crippen molar-refractivity contribution in [3.63, 3.8) is 0 Å². The van der Waals surface area contributed by atoms with Crippen LogP contribution in [-0.4, -0.2) is 23.2 Å². The summed E-state index contributed by atoms with van der Waals surface area (Å²) in [6, 6.07) is 6.93. The van der Waals surface area contributed by atoms with Crippen LogP contribution < -0.4 is 4.74 Å². The maximum Gasteiger partial charge on any atom is 0.339 e. The van der Waals surface area contributed by atoms with Crippen molar-refractivity contribution in [2.75, 3.05) is 7.11 Å². The van der Waals surface area contributed by atoms with Crippen molar-refractivity contribution in [1.29, 1.82) is 0 Å². The van der Waals surface area contributed by atoms with Gasteiger partial charge in [-0.15, -0.1) is 0 Å². The predicted molar refractivity (Wildman–Crippen MR) is 67.9 cm³/mol. The SMILES string of the molecule is COc1cc(-c2cnccc2C)ccc1C(=O)O. The van der Waals surface area contributed by atoms with Crippen molar-refractivity contribution >= 4 is 5.97 Å². The fourth-order valence-electron chi connectivity index (χ4n) is 1.80. The van der Waals surface area contributed by atoms with Crippen LogP contribution in [0.5, 0.6) is 5.75 Å². The fourth-order valence-corrected chi connectivity index (χ4v) is 1.80. The van der Waals surface area contributed by atoms with E-state index in [1.165, 1.54) is 7.11 Å². The highest BCUT2D eigenvalue weighted by Gasteiger charge is 2.12. The summed E-state index contributed by atoms with van der Waals surface area (Å²) in [5.41, 5.74) is 3.09. The molecule has 0 bridgehead atoms. The molecule has 0 radical (unpaired) electrons. The molecule has 0 fully saturated rings. The topological polar surface area (TPSA) is 59.4 Å². The van der Waals surface area contributed by atoms with Crippen molar-refractivity contribution in [2.45, 2.75) is 6.92 Å². The first kappa shape index (κ1) is 12.1. The molecule has 0 unspecified atom stereocenters. The quantitative estimate of drug-likeness (QED) is 0.900. The summed E-state index contributed by atoms with van der Waals surface area (Å²) in [5.74, 6) is -0.649. The Labute approximate surface area is 105 Å². The molecule has 1 aromatic carbocycles. The Balaban J connectivity index is 2.55. The summed E-state index contributed by atoms with van der Waals surface area (Å²) in [4.78, 5) is 15.1. The average molecular weight is 243 g/mol. The number of aromatic carboxylic acids is 1. The molecule has 0 saturated carbocycles. The number of aromatic nitrogens is 1. The second kappa shape index (κ2) is 4.87. The van der Waals surface area contributed by atoms with Crippen molar-refractivity contribution < 1.29 is 14.6 Å². The van der Waals surface area contributed by atoms with Crippen LogP contribution in [0.25, 0.3) is 11.1 Å². The van der Waals surface area contributed by atoms with Gasteiger partial charge in [0, 0.05) is 18.0 Å². The van der Waals surface area contributed by atoms with E-state index in [9.17, 15) is 4.79 Å². The summed E-state index contributed by atoms with van der Waals surface area (Å²) in [6.07, 6.45) is 3.48. The number of nitrogens with zero attached hydrogens (tertiary/aromatic N) is 1. The number of benzene rings is 1. The fraction of sp³-hybridized carbons (Fsp3) is 0.143. The molecule has 4 nitrogen and oxygen atoms in total. The van der Waals surface area contributed by atoms with Crippen molar-refractivity contribution in [1.82, 2.24) is 4.98 Å². The van der Waals surface area contributed by atoms with E-state index in [0.29, 0.717) is 5.75 Å². The molecule has 0 saturated heterocycles. The first-order chi connectivity index (χ1) is 8.63. The molecule has 1 aromatic heterocycles. The molecule has 0 amide bonds. The zero-order valence-corrected chi connectivity index (χ0v) is 10.2. The van der Waals surface area contributed by atoms with E-state index >= 15 is 0 Å². The van der Waals surface area contributed by atoms with Gasteiger partial charge >= 0.3 is 5.97 Å². The van der Waals surface area contributed by atoms with Gasteiger partial charge in [0.15, 0.2) is 0 Å². The van der Waals surface area contributed by atoms with Crippen molar-refractivity contribution in [3.05, 3.63) is 47.8 Å². The highest BCUT2D eigenvalue weighted by Crippen LogP contribution is 2.28. The van der Waals surface area contributed by atoms with Crippen LogP contribution in [0, 0.1) is 6.92 Å². The number of carboxylic acid groups (broad SMARTS) is 1. The third kappa shape index (κ3) is 2.18. The summed E-state index contributed by atoms with van der Waals surface area (Å²) < 4.78 is 5.11. The lowest BCUT2D eigenvalue weighted by molar-refractivity contribution is 0.0693. The first-order valence-electron chi connectivity index (χ1n) is 5.46. The number of carboxylic acids is 1. The van der Waals surface area contributed by atoms with Gasteiger partial charge in [-0.1, -0.05) is 6.07 Å². The Kier molecular flexibility index (Phi) is 3.28. The molecule has 0 aliphatic heterocycles. The molecule has 0 aliphatic rings. The van der Waals surface area contributed by atoms with E-state index in [1.54, 1.807) is 30.6 Å². The standard InChI is InChI=1S/C14H13NO3/c1-9-5-6-15-8-12(9)10-3-4-11(14(16)17)13(7-10)18-2/h3-8H,1-2H3,(H,16,17). The van der Waals surface area contributed by atoms with Gasteiger partial charge in [-0.05, 0) is 36.2 Å². The Morgan fingerprint density at radius 3 is 2.72 bits per heavy atom. The third-order valence-corrected chi connectivity index (χ3v) is 2.78. The summed E-state index contributed by atoms with van der Waals surface area (Å²) in [7, 11) is 1.46. The Hall–Kier alpha value is -2.36. The average Bonchev–Trinajstić information content (AvgIpc) is 2.38. The van der Waals surface area contributed by atoms with Gasteiger partial charge in [0.1, 0.15) is 11.3 Å². The van der Waals surface area contributed by atoms with Crippen LogP contribution in [0.3, 0.4) is 0 Å². The highest BCUT2D eigenvalue weighted by atomic mass is 16.5. The molecule has 92 valence electrons. The number of hydrogen-bond acceptors (Lipinski definition) is 3. The Bertz CT molecular complexity index is 593. The van der Waals surface area contributed by atoms with Gasteiger partial charge in [-0.2, -0.15) is 0 Å². The molecule has 0 atom stereocenters. The number of rotatable bonds is 3. The third-order valence-electron chi connectivity index (χ3n) is 2.78. The minimum absolute atomic E-state index is 0.155. The maximum absolute atomic E-state index is 11.0. The monoisotopic (exact) mass is 243 g/mol. The summed E-state index contributed by atoms with van der Waals surface area (Å²) in [5, 5.41) is 9.02. The molecule has 4 heteroatoms. The lowest BCUT2D eigenvalue weighted by Gasteiger charge is -2.09. The van der Waals surface area contributed by atoms with Gasteiger partial charge < -0.3 is 9.84 Å². The Morgan fingerprint density at radius 2 is 2.11 bits per heavy atom. The zero-order valence-electron chi connectivity index (χ0n) is 10.2. The summed E-state index contributed by atoms with van der Waals surface area (Å²) in [6.45, 7) is 1.98. The number of pyridine rings is 1. The van der Waals surface area contributed by atoms with Gasteiger partial charge in [-0.3, -0.25) is 4.98 Å². The van der Waals surface area contributed by atoms with Crippen LogP contribution in [-0.2, 0) is 0 Å². The second-order valence-electron chi connectivity index (χ2n) is 3.91. The second-order valence-corrected chi connectivity index (χ2v) is 3.91. The lowest BCUT2D eigenvalue weighted by Crippen LogP contribution is -2.00. The highest BCUT2D eigenvalue weighted by molar-refractivity contribution is 5.92. The van der Waals surface area contributed by atoms with Crippen molar-refractivity contribution in [2.24, 2.45) is 0 Å². The summed E-state index contributed by atoms with van der Waals surface area (Å²) >= 11 is 0. The number of methoxy groups -OCH3 is 1. The smallest absolute Gasteiger partial charge is 0.339 e. The zero-order chi connectivity index (χ0) is 13.1. The lowest BCUT2D eigenvalue weighted by atomic mass is 10.0. The van der Waals surface area contributed by atoms with Gasteiger partial charge in [0.25, 0.3) is 0 Å². The van der Waals surface area contributed by atoms with E-state index in [0.717, 1.165) is 16.7 Å². The largest absolute Gasteiger partial charge is 0.496 e. The van der Waals surface area contributed by atoms with Gasteiger partial charge in [0.2, 0.25) is 0 Å². The molecule has 2 aromatic rings. The minimum atomic E-state index is -0.999. The number of hydrogen-bond donors (Lipinski definition) is 1. The van der Waals surface area contributed by atoms with Gasteiger partial charge in [-0.25, -0.2) is 4.79 Å². The molecular weight excluding hydrogens is 230 g/mol. The van der Waals surface area contributed by atoms with Crippen LogP contribution in [0.1, 0.15) is 15.9 Å². The van der Waals surface area contributed by atoms with Crippen molar-refractivity contribution in [3.8, 4) is 16.9 Å². The van der Waals surface area contributed by atoms with Crippen LogP contribution >= 0.6 is 0 Å². The number of carbonyl (C=O) groups is 1. The van der Waals surface area contributed by atoms with Crippen LogP contribution in [0.4, 0.5) is 0 Å². The molecule has 0 spiro atoms. The van der Waals surface area contributed by atoms with Crippen LogP contribution in [0.2, 0.25) is 0 Å². The minimum Gasteiger partial charge on any atom is -0.496 e. The number of aryl methyl sites for hydroxylation is 1. The van der Waals surface area contributed by atoms with E-state index in [-0.39, 0.29) is 5.56 Å². The predicted octanol–water partition coefficient (Wildman–Crippen LogP) is 2.76. The normalized spacial score (nSPS) is 10.1. The first-order valence-corrected chi connectivity index (χ1v) is 5.46. The van der Waals surface area contributed by atoms with E-state index in [2.05, 4.69) is 4.98 Å².